The number of carbonyl (C=O) groups is 1. The monoisotopic (exact) mass is 229 g/mol. The predicted molar refractivity (Wildman–Crippen MR) is 58.4 cm³/mol. The quantitative estimate of drug-likeness (QED) is 0.845. The second-order valence-electron chi connectivity index (χ2n) is 3.70. The Balaban J connectivity index is 2.28. The van der Waals surface area contributed by atoms with Crippen LogP contribution in [0.25, 0.3) is 0 Å². The summed E-state index contributed by atoms with van der Waals surface area (Å²) in [6, 6.07) is 0. The molecule has 1 saturated heterocycles. The van der Waals surface area contributed by atoms with Crippen molar-refractivity contribution < 1.29 is 9.90 Å². The average Bonchev–Trinajstić information content (AvgIpc) is 2.71. The molecule has 1 fully saturated rings. The molecule has 0 spiro atoms. The normalized spacial score (nSPS) is 26.6. The fourth-order valence-electron chi connectivity index (χ4n) is 1.49. The number of nitrogens with zero attached hydrogens (tertiary/aromatic N) is 1. The minimum absolute atomic E-state index is 0.100. The van der Waals surface area contributed by atoms with Gasteiger partial charge in [-0.15, -0.1) is 11.3 Å². The van der Waals surface area contributed by atoms with Gasteiger partial charge < -0.3 is 5.11 Å². The first kappa shape index (κ1) is 9.98. The first-order chi connectivity index (χ1) is 6.62. The molecule has 0 saturated carbocycles. The zero-order chi connectivity index (χ0) is 10.2. The number of hydrogen-bond acceptors (Lipinski definition) is 4. The van der Waals surface area contributed by atoms with Crippen molar-refractivity contribution in [1.82, 2.24) is 4.98 Å². The Hall–Kier alpha value is -0.550. The molecule has 1 atom stereocenters. The summed E-state index contributed by atoms with van der Waals surface area (Å²) in [5.74, 6) is 1.33. The molecule has 1 aromatic heterocycles. The van der Waals surface area contributed by atoms with E-state index >= 15 is 0 Å². The van der Waals surface area contributed by atoms with Gasteiger partial charge >= 0.3 is 5.97 Å². The SMILES string of the molecule is CC1(c2ncc(C(=O)O)s2)CCSC1. The number of hydrogen-bond donors (Lipinski definition) is 1. The first-order valence-electron chi connectivity index (χ1n) is 4.39. The number of rotatable bonds is 2. The maximum absolute atomic E-state index is 10.7. The van der Waals surface area contributed by atoms with Gasteiger partial charge in [0.25, 0.3) is 0 Å². The van der Waals surface area contributed by atoms with Gasteiger partial charge in [-0.25, -0.2) is 9.78 Å². The van der Waals surface area contributed by atoms with E-state index in [1.54, 1.807) is 0 Å². The van der Waals surface area contributed by atoms with Gasteiger partial charge in [-0.05, 0) is 12.2 Å². The minimum atomic E-state index is -0.872. The van der Waals surface area contributed by atoms with Crippen LogP contribution in [0.2, 0.25) is 0 Å². The van der Waals surface area contributed by atoms with Crippen LogP contribution in [0, 0.1) is 0 Å². The van der Waals surface area contributed by atoms with Crippen molar-refractivity contribution in [3.63, 3.8) is 0 Å². The van der Waals surface area contributed by atoms with E-state index in [0.29, 0.717) is 4.88 Å². The Morgan fingerprint density at radius 1 is 1.71 bits per heavy atom. The second kappa shape index (κ2) is 3.55. The molecule has 0 aromatic carbocycles. The lowest BCUT2D eigenvalue weighted by molar-refractivity contribution is 0.0702. The zero-order valence-electron chi connectivity index (χ0n) is 7.82. The minimum Gasteiger partial charge on any atom is -0.477 e. The van der Waals surface area contributed by atoms with Crippen molar-refractivity contribution in [2.75, 3.05) is 11.5 Å². The number of aromatic carboxylic acids is 1. The lowest BCUT2D eigenvalue weighted by Gasteiger charge is -2.18. The van der Waals surface area contributed by atoms with Gasteiger partial charge in [-0.2, -0.15) is 11.8 Å². The van der Waals surface area contributed by atoms with Gasteiger partial charge in [-0.3, -0.25) is 0 Å². The van der Waals surface area contributed by atoms with Crippen LogP contribution in [0.1, 0.15) is 28.0 Å². The fraction of sp³-hybridized carbons (Fsp3) is 0.556. The summed E-state index contributed by atoms with van der Waals surface area (Å²) in [6.45, 7) is 2.16. The van der Waals surface area contributed by atoms with E-state index in [9.17, 15) is 4.79 Å². The molecule has 1 aliphatic rings. The second-order valence-corrected chi connectivity index (χ2v) is 5.83. The molecule has 0 aliphatic carbocycles. The highest BCUT2D eigenvalue weighted by molar-refractivity contribution is 7.99. The van der Waals surface area contributed by atoms with Crippen molar-refractivity contribution in [3.05, 3.63) is 16.1 Å². The Bertz CT molecular complexity index is 355. The van der Waals surface area contributed by atoms with Gasteiger partial charge in [-0.1, -0.05) is 6.92 Å². The molecule has 14 heavy (non-hydrogen) atoms. The molecule has 1 aliphatic heterocycles. The standard InChI is InChI=1S/C9H11NO2S2/c1-9(2-3-13-5-9)8-10-4-6(14-8)7(11)12/h4H,2-3,5H2,1H3,(H,11,12). The average molecular weight is 229 g/mol. The van der Waals surface area contributed by atoms with Crippen LogP contribution >= 0.6 is 23.1 Å². The Kier molecular flexibility index (Phi) is 2.53. The first-order valence-corrected chi connectivity index (χ1v) is 6.36. The van der Waals surface area contributed by atoms with Crippen molar-refractivity contribution in [2.45, 2.75) is 18.8 Å². The van der Waals surface area contributed by atoms with E-state index in [4.69, 9.17) is 5.11 Å². The van der Waals surface area contributed by atoms with Crippen LogP contribution in [0.15, 0.2) is 6.20 Å². The highest BCUT2D eigenvalue weighted by Crippen LogP contribution is 2.40. The summed E-state index contributed by atoms with van der Waals surface area (Å²) in [5.41, 5.74) is 0.100. The lowest BCUT2D eigenvalue weighted by Crippen LogP contribution is -2.20. The molecule has 0 radical (unpaired) electrons. The predicted octanol–water partition coefficient (Wildman–Crippen LogP) is 2.24. The van der Waals surface area contributed by atoms with Crippen molar-refractivity contribution in [2.24, 2.45) is 0 Å². The van der Waals surface area contributed by atoms with E-state index in [0.717, 1.165) is 22.9 Å². The van der Waals surface area contributed by atoms with Gasteiger partial charge in [0.2, 0.25) is 0 Å². The molecule has 1 unspecified atom stereocenters. The number of thioether (sulfide) groups is 1. The maximum atomic E-state index is 10.7. The van der Waals surface area contributed by atoms with Crippen molar-refractivity contribution >= 4 is 29.1 Å². The Morgan fingerprint density at radius 2 is 2.50 bits per heavy atom. The van der Waals surface area contributed by atoms with E-state index in [-0.39, 0.29) is 5.41 Å². The van der Waals surface area contributed by atoms with Crippen LogP contribution in [0.4, 0.5) is 0 Å². The summed E-state index contributed by atoms with van der Waals surface area (Å²) in [6.07, 6.45) is 2.57. The Labute approximate surface area is 90.6 Å². The smallest absolute Gasteiger partial charge is 0.347 e. The highest BCUT2D eigenvalue weighted by atomic mass is 32.2. The Morgan fingerprint density at radius 3 is 3.00 bits per heavy atom. The molecule has 0 amide bonds. The third-order valence-corrected chi connectivity index (χ3v) is 5.08. The number of aromatic nitrogens is 1. The van der Waals surface area contributed by atoms with Crippen molar-refractivity contribution in [1.29, 1.82) is 0 Å². The molecular formula is C9H11NO2S2. The number of thiazole rings is 1. The molecule has 5 heteroatoms. The molecular weight excluding hydrogens is 218 g/mol. The van der Waals surface area contributed by atoms with Gasteiger partial charge in [0.1, 0.15) is 9.88 Å². The van der Waals surface area contributed by atoms with Crippen LogP contribution in [0.5, 0.6) is 0 Å². The van der Waals surface area contributed by atoms with Gasteiger partial charge in [0, 0.05) is 11.2 Å². The largest absolute Gasteiger partial charge is 0.477 e. The van der Waals surface area contributed by atoms with Crippen LogP contribution in [0.3, 0.4) is 0 Å². The molecule has 1 aromatic rings. The van der Waals surface area contributed by atoms with Crippen molar-refractivity contribution in [3.8, 4) is 0 Å². The van der Waals surface area contributed by atoms with Crippen LogP contribution in [-0.2, 0) is 5.41 Å². The van der Waals surface area contributed by atoms with Crippen LogP contribution in [-0.4, -0.2) is 27.6 Å². The third-order valence-electron chi connectivity index (χ3n) is 2.45. The zero-order valence-corrected chi connectivity index (χ0v) is 9.45. The highest BCUT2D eigenvalue weighted by Gasteiger charge is 2.34. The van der Waals surface area contributed by atoms with Crippen LogP contribution < -0.4 is 0 Å². The van der Waals surface area contributed by atoms with E-state index in [1.165, 1.54) is 17.5 Å². The topological polar surface area (TPSA) is 50.2 Å². The molecule has 2 heterocycles. The number of carboxylic acids is 1. The van der Waals surface area contributed by atoms with Gasteiger partial charge in [0.15, 0.2) is 0 Å². The maximum Gasteiger partial charge on any atom is 0.347 e. The summed E-state index contributed by atoms with van der Waals surface area (Å²) < 4.78 is 0. The van der Waals surface area contributed by atoms with E-state index in [1.807, 2.05) is 11.8 Å². The van der Waals surface area contributed by atoms with Gasteiger partial charge in [0.05, 0.1) is 6.20 Å². The molecule has 76 valence electrons. The molecule has 3 nitrogen and oxygen atoms in total. The summed E-state index contributed by atoms with van der Waals surface area (Å²) in [7, 11) is 0. The molecule has 2 rings (SSSR count). The lowest BCUT2D eigenvalue weighted by atomic mass is 9.91. The van der Waals surface area contributed by atoms with E-state index in [2.05, 4.69) is 11.9 Å². The number of carboxylic acid groups (broad SMARTS) is 1. The summed E-state index contributed by atoms with van der Waals surface area (Å²) in [5, 5.41) is 9.76. The summed E-state index contributed by atoms with van der Waals surface area (Å²) >= 11 is 3.23. The third kappa shape index (κ3) is 1.66. The van der Waals surface area contributed by atoms with E-state index < -0.39 is 5.97 Å². The fourth-order valence-corrected chi connectivity index (χ4v) is 3.98. The summed E-state index contributed by atoms with van der Waals surface area (Å²) in [4.78, 5) is 15.3. The molecule has 1 N–H and O–H groups in total. The molecule has 0 bridgehead atoms.